The van der Waals surface area contributed by atoms with Crippen LogP contribution in [0, 0.1) is 5.82 Å². The van der Waals surface area contributed by atoms with Gasteiger partial charge in [0.15, 0.2) is 11.5 Å². The molecule has 0 saturated carbocycles. The van der Waals surface area contributed by atoms with Gasteiger partial charge in [0.2, 0.25) is 5.91 Å². The van der Waals surface area contributed by atoms with E-state index in [1.165, 1.54) is 50.6 Å². The number of nitrogens with zero attached hydrogens (tertiary/aromatic N) is 1. The van der Waals surface area contributed by atoms with E-state index in [-0.39, 0.29) is 32.6 Å². The standard InChI is InChI=1S/C27H29ClFN3O7S/c1-37-14-6-13-30-27(34)20-7-4-5-8-23(20)31-26(33)17-32(18-9-11-22(29)21(28)15-18)40(35,36)19-10-12-24(38-2)25(16-19)39-3/h4-5,7-12,15-16H,6,13-14,17H2,1-3H3,(H,30,34)(H,31,33). The van der Waals surface area contributed by atoms with Crippen LogP contribution in [-0.4, -0.2) is 61.3 Å². The molecule has 0 fully saturated rings. The third kappa shape index (κ3) is 7.40. The molecular formula is C27H29ClFN3O7S. The van der Waals surface area contributed by atoms with Crippen molar-refractivity contribution in [1.82, 2.24) is 5.32 Å². The van der Waals surface area contributed by atoms with Gasteiger partial charge in [-0.3, -0.25) is 13.9 Å². The summed E-state index contributed by atoms with van der Waals surface area (Å²) in [7, 11) is -0.0959. The van der Waals surface area contributed by atoms with E-state index < -0.39 is 34.2 Å². The zero-order valence-electron chi connectivity index (χ0n) is 22.1. The van der Waals surface area contributed by atoms with Crippen LogP contribution in [0.4, 0.5) is 15.8 Å². The van der Waals surface area contributed by atoms with Crippen molar-refractivity contribution in [3.8, 4) is 11.5 Å². The van der Waals surface area contributed by atoms with E-state index in [0.717, 1.165) is 16.4 Å². The topological polar surface area (TPSA) is 123 Å². The van der Waals surface area contributed by atoms with Crippen LogP contribution >= 0.6 is 11.6 Å². The lowest BCUT2D eigenvalue weighted by Crippen LogP contribution is -2.38. The molecule has 0 bridgehead atoms. The van der Waals surface area contributed by atoms with Crippen molar-refractivity contribution in [2.45, 2.75) is 11.3 Å². The van der Waals surface area contributed by atoms with Crippen LogP contribution in [0.1, 0.15) is 16.8 Å². The van der Waals surface area contributed by atoms with Crippen LogP contribution in [0.2, 0.25) is 5.02 Å². The van der Waals surface area contributed by atoms with Crippen molar-refractivity contribution in [3.63, 3.8) is 0 Å². The first-order valence-electron chi connectivity index (χ1n) is 12.0. The fourth-order valence-electron chi connectivity index (χ4n) is 3.68. The molecule has 0 spiro atoms. The van der Waals surface area contributed by atoms with Gasteiger partial charge in [-0.25, -0.2) is 12.8 Å². The van der Waals surface area contributed by atoms with Crippen molar-refractivity contribution < 1.29 is 36.6 Å². The number of ether oxygens (including phenoxy) is 3. The molecule has 214 valence electrons. The Morgan fingerprint density at radius 2 is 1.70 bits per heavy atom. The first kappa shape index (κ1) is 30.7. The molecule has 13 heteroatoms. The minimum Gasteiger partial charge on any atom is -0.493 e. The van der Waals surface area contributed by atoms with Crippen LogP contribution in [0.15, 0.2) is 65.6 Å². The maximum absolute atomic E-state index is 13.9. The summed E-state index contributed by atoms with van der Waals surface area (Å²) in [6.07, 6.45) is 0.597. The fourth-order valence-corrected chi connectivity index (χ4v) is 5.29. The summed E-state index contributed by atoms with van der Waals surface area (Å²) in [6, 6.07) is 13.5. The Hall–Kier alpha value is -3.87. The molecule has 0 aromatic heterocycles. The van der Waals surface area contributed by atoms with Crippen molar-refractivity contribution in [2.24, 2.45) is 0 Å². The van der Waals surface area contributed by atoms with Gasteiger partial charge in [-0.15, -0.1) is 0 Å². The molecule has 3 aromatic rings. The first-order chi connectivity index (χ1) is 19.1. The van der Waals surface area contributed by atoms with Crippen LogP contribution in [0.25, 0.3) is 0 Å². The van der Waals surface area contributed by atoms with E-state index in [1.807, 2.05) is 0 Å². The monoisotopic (exact) mass is 593 g/mol. The maximum Gasteiger partial charge on any atom is 0.264 e. The molecule has 0 aliphatic rings. The van der Waals surface area contributed by atoms with Crippen LogP contribution in [0.3, 0.4) is 0 Å². The highest BCUT2D eigenvalue weighted by atomic mass is 35.5. The lowest BCUT2D eigenvalue weighted by Gasteiger charge is -2.25. The Kier molecular flexibility index (Phi) is 10.7. The minimum absolute atomic E-state index is 0.0551. The number of methoxy groups -OCH3 is 3. The van der Waals surface area contributed by atoms with Gasteiger partial charge in [0, 0.05) is 26.3 Å². The second kappa shape index (κ2) is 14.0. The summed E-state index contributed by atoms with van der Waals surface area (Å²) < 4.78 is 57.6. The first-order valence-corrected chi connectivity index (χ1v) is 13.8. The number of hydrogen-bond acceptors (Lipinski definition) is 7. The predicted octanol–water partition coefficient (Wildman–Crippen LogP) is 4.10. The van der Waals surface area contributed by atoms with E-state index in [0.29, 0.717) is 25.3 Å². The Balaban J connectivity index is 1.93. The molecule has 0 aliphatic carbocycles. The molecule has 2 N–H and O–H groups in total. The molecule has 40 heavy (non-hydrogen) atoms. The van der Waals surface area contributed by atoms with Crippen molar-refractivity contribution in [2.75, 3.05) is 50.6 Å². The average Bonchev–Trinajstić information content (AvgIpc) is 2.95. The quantitative estimate of drug-likeness (QED) is 0.286. The van der Waals surface area contributed by atoms with Crippen LogP contribution in [-0.2, 0) is 19.6 Å². The number of anilines is 2. The number of rotatable bonds is 13. The molecule has 10 nitrogen and oxygen atoms in total. The fraction of sp³-hybridized carbons (Fsp3) is 0.259. The smallest absolute Gasteiger partial charge is 0.264 e. The number of carbonyl (C=O) groups excluding carboxylic acids is 2. The van der Waals surface area contributed by atoms with Crippen LogP contribution < -0.4 is 24.4 Å². The van der Waals surface area contributed by atoms with Gasteiger partial charge in [0.25, 0.3) is 15.9 Å². The minimum atomic E-state index is -4.41. The molecule has 2 amide bonds. The zero-order chi connectivity index (χ0) is 29.3. The number of amides is 2. The molecule has 0 heterocycles. The Morgan fingerprint density at radius 3 is 2.38 bits per heavy atom. The van der Waals surface area contributed by atoms with Crippen molar-refractivity contribution in [3.05, 3.63) is 77.1 Å². The SMILES string of the molecule is COCCCNC(=O)c1ccccc1NC(=O)CN(c1ccc(F)c(Cl)c1)S(=O)(=O)c1ccc(OC)c(OC)c1. The molecule has 3 rings (SSSR count). The second-order valence-electron chi connectivity index (χ2n) is 8.32. The highest BCUT2D eigenvalue weighted by Gasteiger charge is 2.29. The predicted molar refractivity (Wildman–Crippen MR) is 149 cm³/mol. The van der Waals surface area contributed by atoms with Gasteiger partial charge in [-0.05, 0) is 48.9 Å². The van der Waals surface area contributed by atoms with E-state index in [2.05, 4.69) is 10.6 Å². The number of hydrogen-bond donors (Lipinski definition) is 2. The molecule has 0 atom stereocenters. The number of sulfonamides is 1. The lowest BCUT2D eigenvalue weighted by molar-refractivity contribution is -0.114. The third-order valence-electron chi connectivity index (χ3n) is 5.68. The molecule has 0 saturated heterocycles. The summed E-state index contributed by atoms with van der Waals surface area (Å²) in [6.45, 7) is 0.108. The van der Waals surface area contributed by atoms with E-state index >= 15 is 0 Å². The lowest BCUT2D eigenvalue weighted by atomic mass is 10.1. The van der Waals surface area contributed by atoms with Gasteiger partial charge < -0.3 is 24.8 Å². The number of halogens is 2. The van der Waals surface area contributed by atoms with Gasteiger partial charge >= 0.3 is 0 Å². The van der Waals surface area contributed by atoms with E-state index in [4.69, 9.17) is 25.8 Å². The summed E-state index contributed by atoms with van der Waals surface area (Å²) in [5.41, 5.74) is 0.310. The zero-order valence-corrected chi connectivity index (χ0v) is 23.6. The summed E-state index contributed by atoms with van der Waals surface area (Å²) in [5, 5.41) is 5.01. The third-order valence-corrected chi connectivity index (χ3v) is 7.74. The van der Waals surface area contributed by atoms with Crippen molar-refractivity contribution in [1.29, 1.82) is 0 Å². The largest absolute Gasteiger partial charge is 0.493 e. The number of benzene rings is 3. The van der Waals surface area contributed by atoms with Crippen molar-refractivity contribution >= 4 is 44.8 Å². The average molecular weight is 594 g/mol. The Morgan fingerprint density at radius 1 is 0.975 bits per heavy atom. The van der Waals surface area contributed by atoms with Gasteiger partial charge in [-0.1, -0.05) is 23.7 Å². The molecular weight excluding hydrogens is 565 g/mol. The number of nitrogens with one attached hydrogen (secondary N) is 2. The summed E-state index contributed by atoms with van der Waals surface area (Å²) in [5.74, 6) is -1.50. The Bertz CT molecular complexity index is 1470. The van der Waals surface area contributed by atoms with Gasteiger partial charge in [0.05, 0.1) is 41.1 Å². The summed E-state index contributed by atoms with van der Waals surface area (Å²) >= 11 is 5.94. The van der Waals surface area contributed by atoms with Gasteiger partial charge in [0.1, 0.15) is 12.4 Å². The highest BCUT2D eigenvalue weighted by Crippen LogP contribution is 2.33. The second-order valence-corrected chi connectivity index (χ2v) is 10.6. The van der Waals surface area contributed by atoms with Crippen LogP contribution in [0.5, 0.6) is 11.5 Å². The molecule has 0 aliphatic heterocycles. The molecule has 0 unspecified atom stereocenters. The van der Waals surface area contributed by atoms with E-state index in [9.17, 15) is 22.4 Å². The van der Waals surface area contributed by atoms with E-state index in [1.54, 1.807) is 19.2 Å². The maximum atomic E-state index is 13.9. The molecule has 0 radical (unpaired) electrons. The van der Waals surface area contributed by atoms with Gasteiger partial charge in [-0.2, -0.15) is 0 Å². The Labute approximate surface area is 237 Å². The summed E-state index contributed by atoms with van der Waals surface area (Å²) in [4.78, 5) is 25.7. The normalized spacial score (nSPS) is 11.0. The number of para-hydroxylation sites is 1. The molecule has 3 aromatic carbocycles. The number of carbonyl (C=O) groups is 2. The highest BCUT2D eigenvalue weighted by molar-refractivity contribution is 7.92.